The molecule has 154 valence electrons. The first kappa shape index (κ1) is 20.3. The number of rotatable bonds is 6. The third-order valence-electron chi connectivity index (χ3n) is 5.01. The normalized spacial score (nSPS) is 11.5. The van der Waals surface area contributed by atoms with Gasteiger partial charge in [-0.2, -0.15) is 5.26 Å². The van der Waals surface area contributed by atoms with Crippen molar-refractivity contribution >= 4 is 50.2 Å². The third kappa shape index (κ3) is 4.52. The molecule has 1 heterocycles. The van der Waals surface area contributed by atoms with E-state index in [9.17, 15) is 5.26 Å². The average Bonchev–Trinajstić information content (AvgIpc) is 3.25. The highest BCUT2D eigenvalue weighted by Crippen LogP contribution is 2.34. The molecule has 0 aliphatic heterocycles. The second-order valence-electron chi connectivity index (χ2n) is 7.17. The van der Waals surface area contributed by atoms with E-state index in [0.717, 1.165) is 31.4 Å². The van der Waals surface area contributed by atoms with E-state index in [1.165, 1.54) is 22.5 Å². The summed E-state index contributed by atoms with van der Waals surface area (Å²) in [6, 6.07) is 32.7. The molecule has 0 bridgehead atoms. The lowest BCUT2D eigenvalue weighted by Crippen LogP contribution is -1.96. The van der Waals surface area contributed by atoms with Crippen LogP contribution in [-0.4, -0.2) is 4.98 Å². The van der Waals surface area contributed by atoms with Gasteiger partial charge in [-0.25, -0.2) is 4.98 Å². The Balaban J connectivity index is 1.33. The largest absolute Gasteiger partial charge is 0.489 e. The predicted octanol–water partition coefficient (Wildman–Crippen LogP) is 7.69. The molecular weight excluding hydrogens is 432 g/mol. The number of nitrogens with zero attached hydrogens (tertiary/aromatic N) is 2. The molecule has 0 amide bonds. The summed E-state index contributed by atoms with van der Waals surface area (Å²) in [5.74, 6) is 0.772. The number of ether oxygens (including phenoxy) is 1. The Bertz CT molecular complexity index is 1440. The number of aromatic nitrogens is 1. The fraction of sp³-hybridized carbons (Fsp3) is 0.0370. The van der Waals surface area contributed by atoms with Gasteiger partial charge in [-0.05, 0) is 64.0 Å². The number of hydrogen-bond donors (Lipinski definition) is 0. The third-order valence-corrected chi connectivity index (χ3v) is 7.04. The van der Waals surface area contributed by atoms with E-state index in [0.29, 0.717) is 11.5 Å². The molecule has 0 radical (unpaired) electrons. The Labute approximate surface area is 194 Å². The predicted molar refractivity (Wildman–Crippen MR) is 134 cm³/mol. The number of benzene rings is 4. The maximum absolute atomic E-state index is 9.65. The molecular formula is C27H18N2OS2. The van der Waals surface area contributed by atoms with Crippen LogP contribution in [0, 0.1) is 11.3 Å². The summed E-state index contributed by atoms with van der Waals surface area (Å²) in [6.45, 7) is 0.486. The lowest BCUT2D eigenvalue weighted by molar-refractivity contribution is 0.307. The van der Waals surface area contributed by atoms with Crippen LogP contribution >= 0.6 is 23.1 Å². The van der Waals surface area contributed by atoms with Crippen LogP contribution in [0.15, 0.2) is 100 Å². The number of hydrogen-bond acceptors (Lipinski definition) is 5. The molecule has 0 N–H and O–H groups in total. The van der Waals surface area contributed by atoms with Crippen LogP contribution in [0.4, 0.5) is 0 Å². The van der Waals surface area contributed by atoms with E-state index in [4.69, 9.17) is 4.74 Å². The van der Waals surface area contributed by atoms with E-state index in [2.05, 4.69) is 41.4 Å². The molecule has 4 aromatic carbocycles. The van der Waals surface area contributed by atoms with Crippen LogP contribution in [0.5, 0.6) is 5.75 Å². The van der Waals surface area contributed by atoms with E-state index in [-0.39, 0.29) is 0 Å². The summed E-state index contributed by atoms with van der Waals surface area (Å²) in [5.41, 5.74) is 3.03. The van der Waals surface area contributed by atoms with Crippen molar-refractivity contribution in [3.8, 4) is 11.8 Å². The van der Waals surface area contributed by atoms with Gasteiger partial charge >= 0.3 is 0 Å². The molecule has 32 heavy (non-hydrogen) atoms. The summed E-state index contributed by atoms with van der Waals surface area (Å²) in [4.78, 5) is 5.21. The van der Waals surface area contributed by atoms with Crippen LogP contribution in [-0.2, 0) is 6.61 Å². The van der Waals surface area contributed by atoms with E-state index in [1.807, 2.05) is 66.7 Å². The van der Waals surface area contributed by atoms with E-state index < -0.39 is 0 Å². The second kappa shape index (κ2) is 9.27. The number of fused-ring (bicyclic) bond motifs is 2. The minimum Gasteiger partial charge on any atom is -0.489 e. The minimum atomic E-state index is 0.486. The first-order chi connectivity index (χ1) is 15.8. The number of para-hydroxylation sites is 1. The maximum atomic E-state index is 9.65. The first-order valence-electron chi connectivity index (χ1n) is 10.1. The molecule has 0 saturated carbocycles. The summed E-state index contributed by atoms with van der Waals surface area (Å²) >= 11 is 2.99. The zero-order chi connectivity index (χ0) is 21.8. The fourth-order valence-electron chi connectivity index (χ4n) is 3.50. The fourth-order valence-corrected chi connectivity index (χ4v) is 5.47. The molecule has 0 aliphatic rings. The molecule has 0 fully saturated rings. The molecule has 1 aromatic heterocycles. The maximum Gasteiger partial charge on any atom is 0.156 e. The summed E-state index contributed by atoms with van der Waals surface area (Å²) < 4.78 is 8.07. The second-order valence-corrected chi connectivity index (χ2v) is 9.49. The Morgan fingerprint density at radius 3 is 2.69 bits per heavy atom. The molecule has 5 aromatic rings. The highest BCUT2D eigenvalue weighted by Gasteiger charge is 2.08. The SMILES string of the molecule is N#C/C(=C\c1cccc(OCc2cccc3ccccc23)c1)Sc1nc2ccccc2s1. The zero-order valence-corrected chi connectivity index (χ0v) is 18.7. The molecule has 0 spiro atoms. The number of thioether (sulfide) groups is 1. The van der Waals surface area contributed by atoms with Crippen molar-refractivity contribution in [2.75, 3.05) is 0 Å². The molecule has 0 saturated heterocycles. The smallest absolute Gasteiger partial charge is 0.156 e. The van der Waals surface area contributed by atoms with Gasteiger partial charge in [-0.1, -0.05) is 66.7 Å². The van der Waals surface area contributed by atoms with Gasteiger partial charge in [0, 0.05) is 0 Å². The summed E-state index contributed by atoms with van der Waals surface area (Å²) in [7, 11) is 0. The molecule has 3 nitrogen and oxygen atoms in total. The van der Waals surface area contributed by atoms with Crippen LogP contribution in [0.3, 0.4) is 0 Å². The summed E-state index contributed by atoms with van der Waals surface area (Å²) in [6.07, 6.45) is 1.88. The lowest BCUT2D eigenvalue weighted by Gasteiger charge is -2.10. The van der Waals surface area contributed by atoms with Gasteiger partial charge in [0.05, 0.1) is 15.1 Å². The number of nitriles is 1. The minimum absolute atomic E-state index is 0.486. The van der Waals surface area contributed by atoms with Crippen molar-refractivity contribution < 1.29 is 4.74 Å². The van der Waals surface area contributed by atoms with Gasteiger partial charge in [-0.15, -0.1) is 11.3 Å². The zero-order valence-electron chi connectivity index (χ0n) is 17.1. The quantitative estimate of drug-likeness (QED) is 0.196. The van der Waals surface area contributed by atoms with Gasteiger partial charge in [0.25, 0.3) is 0 Å². The average molecular weight is 451 g/mol. The standard InChI is InChI=1S/C27H18N2OS2/c28-17-23(31-27-29-25-13-3-4-14-26(25)32-27)16-19-7-5-11-22(15-19)30-18-21-10-6-9-20-8-1-2-12-24(20)21/h1-16H,18H2/b23-16+. The molecule has 5 heteroatoms. The van der Waals surface area contributed by atoms with E-state index >= 15 is 0 Å². The monoisotopic (exact) mass is 450 g/mol. The van der Waals surface area contributed by atoms with Gasteiger partial charge in [-0.3, -0.25) is 0 Å². The topological polar surface area (TPSA) is 45.9 Å². The van der Waals surface area contributed by atoms with Gasteiger partial charge < -0.3 is 4.74 Å². The highest BCUT2D eigenvalue weighted by atomic mass is 32.2. The van der Waals surface area contributed by atoms with Crippen molar-refractivity contribution in [2.24, 2.45) is 0 Å². The lowest BCUT2D eigenvalue weighted by atomic mass is 10.1. The Morgan fingerprint density at radius 2 is 1.78 bits per heavy atom. The van der Waals surface area contributed by atoms with Gasteiger partial charge in [0.1, 0.15) is 18.4 Å². The van der Waals surface area contributed by atoms with Crippen LogP contribution in [0.1, 0.15) is 11.1 Å². The molecule has 0 unspecified atom stereocenters. The molecule has 0 aliphatic carbocycles. The van der Waals surface area contributed by atoms with Crippen molar-refractivity contribution in [1.82, 2.24) is 4.98 Å². The van der Waals surface area contributed by atoms with Crippen LogP contribution in [0.25, 0.3) is 27.1 Å². The first-order valence-corrected chi connectivity index (χ1v) is 11.8. The highest BCUT2D eigenvalue weighted by molar-refractivity contribution is 8.05. The van der Waals surface area contributed by atoms with Crippen molar-refractivity contribution in [1.29, 1.82) is 5.26 Å². The number of allylic oxidation sites excluding steroid dienone is 1. The number of thiazole rings is 1. The Hall–Kier alpha value is -3.59. The van der Waals surface area contributed by atoms with Crippen molar-refractivity contribution in [3.05, 3.63) is 107 Å². The Kier molecular flexibility index (Phi) is 5.89. The Morgan fingerprint density at radius 1 is 0.969 bits per heavy atom. The van der Waals surface area contributed by atoms with Gasteiger partial charge in [0.2, 0.25) is 0 Å². The van der Waals surface area contributed by atoms with E-state index in [1.54, 1.807) is 11.3 Å². The van der Waals surface area contributed by atoms with Crippen molar-refractivity contribution in [3.63, 3.8) is 0 Å². The van der Waals surface area contributed by atoms with Gasteiger partial charge in [0.15, 0.2) is 4.34 Å². The van der Waals surface area contributed by atoms with Crippen LogP contribution < -0.4 is 4.74 Å². The van der Waals surface area contributed by atoms with Crippen molar-refractivity contribution in [2.45, 2.75) is 10.9 Å². The molecule has 5 rings (SSSR count). The van der Waals surface area contributed by atoms with Crippen LogP contribution in [0.2, 0.25) is 0 Å². The summed E-state index contributed by atoms with van der Waals surface area (Å²) in [5, 5.41) is 12.1. The molecule has 0 atom stereocenters.